The van der Waals surface area contributed by atoms with Gasteiger partial charge in [0.2, 0.25) is 5.91 Å². The van der Waals surface area contributed by atoms with E-state index in [1.54, 1.807) is 30.7 Å². The fraction of sp³-hybridized carbons (Fsp3) is 0.500. The third-order valence-corrected chi connectivity index (χ3v) is 7.38. The molecule has 33 heavy (non-hydrogen) atoms. The Morgan fingerprint density at radius 1 is 1.15 bits per heavy atom. The van der Waals surface area contributed by atoms with Gasteiger partial charge in [-0.3, -0.25) is 4.79 Å². The number of piperidine rings is 1. The summed E-state index contributed by atoms with van der Waals surface area (Å²) in [5.74, 6) is 0.312. The van der Waals surface area contributed by atoms with Gasteiger partial charge in [0.25, 0.3) is 10.0 Å². The highest BCUT2D eigenvalue weighted by Crippen LogP contribution is 2.23. The van der Waals surface area contributed by atoms with E-state index in [2.05, 4.69) is 20.9 Å². The fourth-order valence-electron chi connectivity index (χ4n) is 3.61. The number of imidazole rings is 1. The van der Waals surface area contributed by atoms with Crippen LogP contribution < -0.4 is 16.0 Å². The summed E-state index contributed by atoms with van der Waals surface area (Å²) < 4.78 is 28.7. The number of carbonyl (C=O) groups excluding carboxylic acids is 2. The van der Waals surface area contributed by atoms with Crippen molar-refractivity contribution in [1.29, 1.82) is 0 Å². The zero-order valence-electron chi connectivity index (χ0n) is 19.5. The topological polar surface area (TPSA) is 125 Å². The van der Waals surface area contributed by atoms with Crippen LogP contribution in [0.2, 0.25) is 0 Å². The Balaban J connectivity index is 1.47. The van der Waals surface area contributed by atoms with Gasteiger partial charge in [-0.2, -0.15) is 4.31 Å². The number of aromatic nitrogens is 2. The Morgan fingerprint density at radius 2 is 1.79 bits per heavy atom. The van der Waals surface area contributed by atoms with Crippen molar-refractivity contribution >= 4 is 27.6 Å². The number of nitrogens with one attached hydrogen (secondary N) is 3. The largest absolute Gasteiger partial charge is 0.352 e. The predicted octanol–water partition coefficient (Wildman–Crippen LogP) is 1.98. The van der Waals surface area contributed by atoms with Gasteiger partial charge in [-0.1, -0.05) is 12.1 Å². The molecule has 1 fully saturated rings. The second kappa shape index (κ2) is 10.3. The quantitative estimate of drug-likeness (QED) is 0.563. The fourth-order valence-corrected chi connectivity index (χ4v) is 5.10. The standard InChI is InChI=1S/C22H32N6O4S/c1-15(2)24-22(30)26-19-7-5-17(6-8-19)13-23-21(29)18-9-11-28(12-10-18)33(31,32)20-14-27(4)16(3)25-20/h5-8,14-15,18H,9-13H2,1-4H3,(H,23,29)(H2,24,26,30). The maximum atomic E-state index is 12.8. The van der Waals surface area contributed by atoms with Crippen molar-refractivity contribution in [2.75, 3.05) is 18.4 Å². The number of carbonyl (C=O) groups is 2. The molecule has 180 valence electrons. The lowest BCUT2D eigenvalue weighted by atomic mass is 9.97. The van der Waals surface area contributed by atoms with Crippen LogP contribution in [-0.4, -0.2) is 53.3 Å². The number of hydrogen-bond acceptors (Lipinski definition) is 5. The molecule has 0 bridgehead atoms. The van der Waals surface area contributed by atoms with Gasteiger partial charge in [0.05, 0.1) is 0 Å². The molecule has 1 aliphatic heterocycles. The van der Waals surface area contributed by atoms with E-state index in [0.717, 1.165) is 5.56 Å². The average molecular weight is 477 g/mol. The monoisotopic (exact) mass is 476 g/mol. The Kier molecular flexibility index (Phi) is 7.75. The molecule has 0 saturated carbocycles. The number of sulfonamides is 1. The second-order valence-electron chi connectivity index (χ2n) is 8.58. The minimum atomic E-state index is -3.65. The van der Waals surface area contributed by atoms with Gasteiger partial charge in [-0.15, -0.1) is 0 Å². The molecule has 2 aromatic rings. The number of rotatable bonds is 7. The smallest absolute Gasteiger partial charge is 0.319 e. The van der Waals surface area contributed by atoms with Crippen LogP contribution in [0.5, 0.6) is 0 Å². The Hall–Kier alpha value is -2.92. The van der Waals surface area contributed by atoms with Crippen molar-refractivity contribution in [3.63, 3.8) is 0 Å². The van der Waals surface area contributed by atoms with Crippen LogP contribution in [0.15, 0.2) is 35.5 Å². The van der Waals surface area contributed by atoms with Crippen LogP contribution in [0.25, 0.3) is 0 Å². The van der Waals surface area contributed by atoms with E-state index >= 15 is 0 Å². The molecule has 3 amide bonds. The van der Waals surface area contributed by atoms with Crippen LogP contribution in [0.1, 0.15) is 38.1 Å². The number of anilines is 1. The van der Waals surface area contributed by atoms with Gasteiger partial charge >= 0.3 is 6.03 Å². The van der Waals surface area contributed by atoms with Crippen LogP contribution in [-0.2, 0) is 28.4 Å². The highest BCUT2D eigenvalue weighted by molar-refractivity contribution is 7.89. The molecule has 1 aliphatic rings. The van der Waals surface area contributed by atoms with E-state index in [1.165, 1.54) is 10.5 Å². The van der Waals surface area contributed by atoms with Gasteiger partial charge < -0.3 is 20.5 Å². The van der Waals surface area contributed by atoms with Crippen molar-refractivity contribution in [2.45, 2.75) is 51.2 Å². The van der Waals surface area contributed by atoms with Gasteiger partial charge in [0.1, 0.15) is 5.82 Å². The maximum Gasteiger partial charge on any atom is 0.319 e. The molecule has 0 unspecified atom stereocenters. The minimum Gasteiger partial charge on any atom is -0.352 e. The summed E-state index contributed by atoms with van der Waals surface area (Å²) in [5, 5.41) is 8.48. The molecule has 1 aromatic heterocycles. The van der Waals surface area contributed by atoms with E-state index in [-0.39, 0.29) is 42.0 Å². The van der Waals surface area contributed by atoms with Crippen molar-refractivity contribution in [1.82, 2.24) is 24.5 Å². The Bertz CT molecular complexity index is 1070. The lowest BCUT2D eigenvalue weighted by molar-refractivity contribution is -0.126. The van der Waals surface area contributed by atoms with Crippen LogP contribution >= 0.6 is 0 Å². The van der Waals surface area contributed by atoms with Crippen molar-refractivity contribution < 1.29 is 18.0 Å². The highest BCUT2D eigenvalue weighted by Gasteiger charge is 2.33. The first-order chi connectivity index (χ1) is 15.6. The summed E-state index contributed by atoms with van der Waals surface area (Å²) in [4.78, 5) is 28.5. The SMILES string of the molecule is Cc1nc(S(=O)(=O)N2CCC(C(=O)NCc3ccc(NC(=O)NC(C)C)cc3)CC2)cn1C. The number of urea groups is 1. The number of amides is 3. The lowest BCUT2D eigenvalue weighted by Crippen LogP contribution is -2.43. The molecule has 0 spiro atoms. The number of nitrogens with zero attached hydrogens (tertiary/aromatic N) is 3. The minimum absolute atomic E-state index is 0.0463. The van der Waals surface area contributed by atoms with E-state index in [9.17, 15) is 18.0 Å². The highest BCUT2D eigenvalue weighted by atomic mass is 32.2. The number of hydrogen-bond donors (Lipinski definition) is 3. The normalized spacial score (nSPS) is 15.4. The molecule has 3 N–H and O–H groups in total. The average Bonchev–Trinajstić information content (AvgIpc) is 3.11. The molecule has 2 heterocycles. The zero-order valence-corrected chi connectivity index (χ0v) is 20.3. The van der Waals surface area contributed by atoms with E-state index in [0.29, 0.717) is 30.9 Å². The third kappa shape index (κ3) is 6.32. The summed E-state index contributed by atoms with van der Waals surface area (Å²) in [6.45, 7) is 6.46. The van der Waals surface area contributed by atoms with Gasteiger partial charge in [0.15, 0.2) is 5.03 Å². The molecule has 1 saturated heterocycles. The number of aryl methyl sites for hydroxylation is 2. The summed E-state index contributed by atoms with van der Waals surface area (Å²) >= 11 is 0. The molecule has 10 nitrogen and oxygen atoms in total. The molecule has 1 aromatic carbocycles. The van der Waals surface area contributed by atoms with E-state index < -0.39 is 10.0 Å². The van der Waals surface area contributed by atoms with Crippen molar-refractivity contribution in [2.24, 2.45) is 13.0 Å². The molecule has 3 rings (SSSR count). The second-order valence-corrected chi connectivity index (χ2v) is 10.5. The Labute approximate surface area is 194 Å². The molecular formula is C22H32N6O4S. The van der Waals surface area contributed by atoms with E-state index in [4.69, 9.17) is 0 Å². The zero-order chi connectivity index (χ0) is 24.2. The van der Waals surface area contributed by atoms with Gasteiger partial charge in [0, 0.05) is 50.5 Å². The first-order valence-electron chi connectivity index (χ1n) is 11.0. The van der Waals surface area contributed by atoms with Crippen molar-refractivity contribution in [3.8, 4) is 0 Å². The summed E-state index contributed by atoms with van der Waals surface area (Å²) in [7, 11) is -1.90. The first-order valence-corrected chi connectivity index (χ1v) is 12.4. The first kappa shape index (κ1) is 24.7. The Morgan fingerprint density at radius 3 is 2.33 bits per heavy atom. The molecule has 0 aliphatic carbocycles. The molecule has 0 radical (unpaired) electrons. The van der Waals surface area contributed by atoms with Crippen LogP contribution in [0.3, 0.4) is 0 Å². The maximum absolute atomic E-state index is 12.8. The molecular weight excluding hydrogens is 444 g/mol. The lowest BCUT2D eigenvalue weighted by Gasteiger charge is -2.29. The van der Waals surface area contributed by atoms with Crippen molar-refractivity contribution in [3.05, 3.63) is 41.9 Å². The van der Waals surface area contributed by atoms with E-state index in [1.807, 2.05) is 26.0 Å². The summed E-state index contributed by atoms with van der Waals surface area (Å²) in [6, 6.07) is 7.03. The summed E-state index contributed by atoms with van der Waals surface area (Å²) in [6.07, 6.45) is 2.44. The van der Waals surface area contributed by atoms with Crippen LogP contribution in [0, 0.1) is 12.8 Å². The number of benzene rings is 1. The predicted molar refractivity (Wildman–Crippen MR) is 125 cm³/mol. The summed E-state index contributed by atoms with van der Waals surface area (Å²) in [5.41, 5.74) is 1.57. The van der Waals surface area contributed by atoms with Crippen LogP contribution in [0.4, 0.5) is 10.5 Å². The third-order valence-electron chi connectivity index (χ3n) is 5.61. The van der Waals surface area contributed by atoms with Gasteiger partial charge in [-0.05, 0) is 51.3 Å². The molecule has 0 atom stereocenters. The van der Waals surface area contributed by atoms with Gasteiger partial charge in [-0.25, -0.2) is 18.2 Å². The molecule has 11 heteroatoms.